The maximum absolute atomic E-state index is 13.7. The van der Waals surface area contributed by atoms with Crippen LogP contribution in [-0.2, 0) is 6.18 Å². The van der Waals surface area contributed by atoms with Gasteiger partial charge in [0.1, 0.15) is 0 Å². The van der Waals surface area contributed by atoms with E-state index in [1.807, 2.05) is 0 Å². The molecule has 0 saturated heterocycles. The molecule has 0 unspecified atom stereocenters. The summed E-state index contributed by atoms with van der Waals surface area (Å²) in [5.41, 5.74) is 0.291. The summed E-state index contributed by atoms with van der Waals surface area (Å²) in [6, 6.07) is 15.0. The van der Waals surface area contributed by atoms with Crippen LogP contribution in [-0.4, -0.2) is 19.2 Å². The topological polar surface area (TPSA) is 64.2 Å². The Balaban J connectivity index is 1.74. The molecule has 0 radical (unpaired) electrons. The first-order valence-corrected chi connectivity index (χ1v) is 10.7. The molecule has 0 saturated carbocycles. The van der Waals surface area contributed by atoms with Crippen molar-refractivity contribution in [3.63, 3.8) is 0 Å². The van der Waals surface area contributed by atoms with Crippen molar-refractivity contribution in [2.24, 2.45) is 0 Å². The second-order valence-electron chi connectivity index (χ2n) is 7.76. The number of para-hydroxylation sites is 1. The second-order valence-corrected chi connectivity index (χ2v) is 8.14. The third-order valence-corrected chi connectivity index (χ3v) is 5.72. The molecule has 1 atom stereocenters. The molecule has 0 fully saturated rings. The molecule has 0 bridgehead atoms. The lowest BCUT2D eigenvalue weighted by atomic mass is 10.0. The molecule has 2 aromatic carbocycles. The van der Waals surface area contributed by atoms with Crippen LogP contribution in [0.4, 0.5) is 18.9 Å². The molecule has 0 aliphatic heterocycles. The molecule has 3 heterocycles. The maximum Gasteiger partial charge on any atom is 0.417 e. The highest BCUT2D eigenvalue weighted by Gasteiger charge is 2.34. The molecule has 0 amide bonds. The van der Waals surface area contributed by atoms with Gasteiger partial charge in [0.05, 0.1) is 22.7 Å². The Morgan fingerprint density at radius 1 is 1.06 bits per heavy atom. The summed E-state index contributed by atoms with van der Waals surface area (Å²) in [5, 5.41) is 7.49. The number of nitrogens with one attached hydrogen (secondary N) is 1. The number of pyridine rings is 1. The van der Waals surface area contributed by atoms with E-state index in [-0.39, 0.29) is 15.9 Å². The standard InChI is InChI=1S/C24H17ClF3N5O/c1-14(30-18-13-20(25)31-32-11-10-29-22(18)32)19-12-15-6-5-9-17(24(26,27)28)21(15)23(34)33(19)16-7-3-2-4-8-16/h2-14,30H,1H3/t14-/m0/s1. The summed E-state index contributed by atoms with van der Waals surface area (Å²) in [4.78, 5) is 17.9. The molecule has 0 aliphatic carbocycles. The van der Waals surface area contributed by atoms with Crippen molar-refractivity contribution < 1.29 is 13.2 Å². The summed E-state index contributed by atoms with van der Waals surface area (Å²) < 4.78 is 44.1. The third kappa shape index (κ3) is 3.77. The summed E-state index contributed by atoms with van der Waals surface area (Å²) in [7, 11) is 0. The van der Waals surface area contributed by atoms with E-state index in [0.717, 1.165) is 6.07 Å². The normalized spacial score (nSPS) is 12.9. The number of imidazole rings is 1. The number of rotatable bonds is 4. The Labute approximate surface area is 196 Å². The Kier molecular flexibility index (Phi) is 5.28. The Hall–Kier alpha value is -3.85. The van der Waals surface area contributed by atoms with Gasteiger partial charge in [0, 0.05) is 29.8 Å². The van der Waals surface area contributed by atoms with Crippen molar-refractivity contribution in [3.05, 3.63) is 99.8 Å². The lowest BCUT2D eigenvalue weighted by Crippen LogP contribution is -2.27. The molecule has 3 aromatic heterocycles. The van der Waals surface area contributed by atoms with E-state index in [9.17, 15) is 18.0 Å². The summed E-state index contributed by atoms with van der Waals surface area (Å²) in [6.07, 6.45) is -1.45. The predicted octanol–water partition coefficient (Wildman–Crippen LogP) is 5.88. The van der Waals surface area contributed by atoms with E-state index in [1.165, 1.54) is 21.2 Å². The first kappa shape index (κ1) is 22.0. The number of aromatic nitrogens is 4. The highest BCUT2D eigenvalue weighted by molar-refractivity contribution is 6.29. The molecule has 1 N–H and O–H groups in total. The minimum Gasteiger partial charge on any atom is -0.374 e. The van der Waals surface area contributed by atoms with E-state index in [4.69, 9.17) is 11.6 Å². The lowest BCUT2D eigenvalue weighted by Gasteiger charge is -2.23. The van der Waals surface area contributed by atoms with Crippen LogP contribution in [0.5, 0.6) is 0 Å². The van der Waals surface area contributed by atoms with Gasteiger partial charge in [0.25, 0.3) is 5.56 Å². The number of fused-ring (bicyclic) bond motifs is 2. The van der Waals surface area contributed by atoms with Crippen LogP contribution < -0.4 is 10.9 Å². The molecule has 6 nitrogen and oxygen atoms in total. The van der Waals surface area contributed by atoms with Crippen molar-refractivity contribution in [2.45, 2.75) is 19.1 Å². The zero-order valence-electron chi connectivity index (χ0n) is 17.7. The van der Waals surface area contributed by atoms with Crippen LogP contribution in [0.3, 0.4) is 0 Å². The fourth-order valence-corrected chi connectivity index (χ4v) is 4.27. The van der Waals surface area contributed by atoms with Crippen LogP contribution in [0.2, 0.25) is 5.15 Å². The number of nitrogens with zero attached hydrogens (tertiary/aromatic N) is 4. The number of benzene rings is 2. The van der Waals surface area contributed by atoms with Crippen LogP contribution in [0, 0.1) is 0 Å². The van der Waals surface area contributed by atoms with Gasteiger partial charge in [-0.2, -0.15) is 18.3 Å². The van der Waals surface area contributed by atoms with Crippen LogP contribution in [0.15, 0.2) is 77.9 Å². The number of hydrogen-bond acceptors (Lipinski definition) is 4. The first-order valence-electron chi connectivity index (χ1n) is 10.3. The van der Waals surface area contributed by atoms with Gasteiger partial charge < -0.3 is 5.32 Å². The molecular formula is C24H17ClF3N5O. The molecule has 10 heteroatoms. The van der Waals surface area contributed by atoms with Gasteiger partial charge in [0.2, 0.25) is 0 Å². The molecule has 5 rings (SSSR count). The molecule has 0 aliphatic rings. The molecule has 34 heavy (non-hydrogen) atoms. The van der Waals surface area contributed by atoms with Gasteiger partial charge in [-0.15, -0.1) is 0 Å². The van der Waals surface area contributed by atoms with E-state index in [1.54, 1.807) is 61.8 Å². The van der Waals surface area contributed by atoms with Crippen molar-refractivity contribution in [1.82, 2.24) is 19.2 Å². The second kappa shape index (κ2) is 8.18. The Morgan fingerprint density at radius 2 is 1.82 bits per heavy atom. The van der Waals surface area contributed by atoms with Crippen LogP contribution in [0.1, 0.15) is 24.2 Å². The van der Waals surface area contributed by atoms with E-state index < -0.39 is 23.3 Å². The van der Waals surface area contributed by atoms with Crippen molar-refractivity contribution in [1.29, 1.82) is 0 Å². The highest BCUT2D eigenvalue weighted by atomic mass is 35.5. The number of hydrogen-bond donors (Lipinski definition) is 1. The predicted molar refractivity (Wildman–Crippen MR) is 125 cm³/mol. The zero-order valence-corrected chi connectivity index (χ0v) is 18.5. The lowest BCUT2D eigenvalue weighted by molar-refractivity contribution is -0.136. The van der Waals surface area contributed by atoms with E-state index in [2.05, 4.69) is 15.4 Å². The van der Waals surface area contributed by atoms with Gasteiger partial charge in [-0.1, -0.05) is 41.9 Å². The monoisotopic (exact) mass is 483 g/mol. The molecule has 172 valence electrons. The van der Waals surface area contributed by atoms with E-state index in [0.29, 0.717) is 22.7 Å². The smallest absolute Gasteiger partial charge is 0.374 e. The van der Waals surface area contributed by atoms with Gasteiger partial charge in [-0.25, -0.2) is 9.50 Å². The average Bonchev–Trinajstić information content (AvgIpc) is 3.27. The summed E-state index contributed by atoms with van der Waals surface area (Å²) in [5.74, 6) is 0. The molecule has 5 aromatic rings. The Bertz CT molecular complexity index is 1580. The SMILES string of the molecule is C[C@H](Nc1cc(Cl)nn2ccnc12)c1cc2cccc(C(F)(F)F)c2c(=O)n1-c1ccccc1. The Morgan fingerprint density at radius 3 is 2.56 bits per heavy atom. The van der Waals surface area contributed by atoms with Gasteiger partial charge in [0.15, 0.2) is 10.8 Å². The number of alkyl halides is 3. The summed E-state index contributed by atoms with van der Waals surface area (Å²) >= 11 is 6.14. The van der Waals surface area contributed by atoms with Gasteiger partial charge in [-0.3, -0.25) is 9.36 Å². The van der Waals surface area contributed by atoms with Crippen molar-refractivity contribution in [2.75, 3.05) is 5.32 Å². The van der Waals surface area contributed by atoms with Gasteiger partial charge >= 0.3 is 6.18 Å². The zero-order chi connectivity index (χ0) is 24.0. The van der Waals surface area contributed by atoms with E-state index >= 15 is 0 Å². The fraction of sp³-hybridized carbons (Fsp3) is 0.125. The van der Waals surface area contributed by atoms with Crippen LogP contribution >= 0.6 is 11.6 Å². The quantitative estimate of drug-likeness (QED) is 0.347. The average molecular weight is 484 g/mol. The molecule has 0 spiro atoms. The minimum atomic E-state index is -4.67. The maximum atomic E-state index is 13.7. The minimum absolute atomic E-state index is 0.203. The van der Waals surface area contributed by atoms with Crippen molar-refractivity contribution >= 4 is 33.7 Å². The van der Waals surface area contributed by atoms with Crippen molar-refractivity contribution in [3.8, 4) is 5.69 Å². The van der Waals surface area contributed by atoms with Gasteiger partial charge in [-0.05, 0) is 36.6 Å². The summed E-state index contributed by atoms with van der Waals surface area (Å²) in [6.45, 7) is 1.81. The van der Waals surface area contributed by atoms with Crippen LogP contribution in [0.25, 0.3) is 22.1 Å². The third-order valence-electron chi connectivity index (χ3n) is 5.54. The number of anilines is 1. The number of halogens is 4. The largest absolute Gasteiger partial charge is 0.417 e. The fourth-order valence-electron chi connectivity index (χ4n) is 4.08. The molecular weight excluding hydrogens is 467 g/mol. The highest BCUT2D eigenvalue weighted by Crippen LogP contribution is 2.35. The first-order chi connectivity index (χ1) is 16.2.